The van der Waals surface area contributed by atoms with Crippen LogP contribution in [0, 0.1) is 17.5 Å². The maximum Gasteiger partial charge on any atom is 0.419 e. The topological polar surface area (TPSA) is 9.23 Å². The molecule has 0 saturated carbocycles. The molecule has 0 N–H and O–H groups in total. The molecule has 0 aliphatic rings. The van der Waals surface area contributed by atoms with Crippen LogP contribution in [0.4, 0.5) is 26.3 Å². The van der Waals surface area contributed by atoms with Crippen LogP contribution in [0.15, 0.2) is 66.7 Å². The van der Waals surface area contributed by atoms with Crippen molar-refractivity contribution in [1.29, 1.82) is 0 Å². The summed E-state index contributed by atoms with van der Waals surface area (Å²) in [7, 11) is 1.62. The minimum atomic E-state index is -4.76. The molecule has 0 fully saturated rings. The molecule has 0 atom stereocenters. The molecule has 0 unspecified atom stereocenters. The first kappa shape index (κ1) is 25.8. The summed E-state index contributed by atoms with van der Waals surface area (Å²) in [5.41, 5.74) is 1.30. The molecular formula is C29H24F6O. The average Bonchev–Trinajstić information content (AvgIpc) is 2.83. The highest BCUT2D eigenvalue weighted by molar-refractivity contribution is 5.88. The quantitative estimate of drug-likeness (QED) is 0.174. The zero-order valence-corrected chi connectivity index (χ0v) is 19.6. The number of fused-ring (bicyclic) bond motifs is 1. The number of hydrogen-bond donors (Lipinski definition) is 0. The molecule has 36 heavy (non-hydrogen) atoms. The van der Waals surface area contributed by atoms with Gasteiger partial charge in [0.05, 0.1) is 5.56 Å². The van der Waals surface area contributed by atoms with E-state index in [9.17, 15) is 22.0 Å². The Bertz CT molecular complexity index is 1380. The number of aryl methyl sites for hydroxylation is 3. The van der Waals surface area contributed by atoms with Crippen molar-refractivity contribution in [3.05, 3.63) is 106 Å². The van der Waals surface area contributed by atoms with Crippen LogP contribution in [0.25, 0.3) is 21.9 Å². The Balaban J connectivity index is 1.52. The Labute approximate surface area is 205 Å². The number of methoxy groups -OCH3 is 1. The summed E-state index contributed by atoms with van der Waals surface area (Å²) in [4.78, 5) is 0. The maximum atomic E-state index is 15.2. The lowest BCUT2D eigenvalue weighted by Crippen LogP contribution is -2.08. The van der Waals surface area contributed by atoms with E-state index in [2.05, 4.69) is 0 Å². The van der Waals surface area contributed by atoms with Crippen molar-refractivity contribution in [2.45, 2.75) is 31.9 Å². The molecule has 1 nitrogen and oxygen atoms in total. The van der Waals surface area contributed by atoms with Crippen LogP contribution in [-0.2, 0) is 30.2 Å². The number of benzene rings is 4. The fraction of sp³-hybridized carbons (Fsp3) is 0.241. The maximum absolute atomic E-state index is 15.2. The van der Waals surface area contributed by atoms with E-state index in [-0.39, 0.29) is 18.7 Å². The van der Waals surface area contributed by atoms with E-state index >= 15 is 4.39 Å². The third kappa shape index (κ3) is 5.73. The fourth-order valence-electron chi connectivity index (χ4n) is 4.29. The number of alkyl halides is 3. The third-order valence-corrected chi connectivity index (χ3v) is 6.21. The Morgan fingerprint density at radius 2 is 1.44 bits per heavy atom. The van der Waals surface area contributed by atoms with E-state index < -0.39 is 23.4 Å². The predicted molar refractivity (Wildman–Crippen MR) is 128 cm³/mol. The van der Waals surface area contributed by atoms with Gasteiger partial charge in [0.25, 0.3) is 0 Å². The van der Waals surface area contributed by atoms with Crippen LogP contribution in [0.1, 0.15) is 28.7 Å². The van der Waals surface area contributed by atoms with Crippen molar-refractivity contribution in [3.8, 4) is 11.1 Å². The molecule has 7 heteroatoms. The minimum Gasteiger partial charge on any atom is -0.385 e. The summed E-state index contributed by atoms with van der Waals surface area (Å²) in [5, 5.41) is 0.948. The molecule has 0 heterocycles. The standard InChI is InChI=1S/C29H24F6O/c1-36-14-2-3-18-5-11-23(26(30)15-18)21-10-12-24-22(17-21)9-8-20(28(24)32)7-4-19-6-13-25(27(31)16-19)29(33,34)35/h5-6,8-13,15-17H,2-4,7,14H2,1H3. The third-order valence-electron chi connectivity index (χ3n) is 6.21. The van der Waals surface area contributed by atoms with Gasteiger partial charge >= 0.3 is 6.18 Å². The van der Waals surface area contributed by atoms with Crippen LogP contribution < -0.4 is 0 Å². The Hall–Kier alpha value is -3.32. The second-order valence-corrected chi connectivity index (χ2v) is 8.70. The van der Waals surface area contributed by atoms with Crippen molar-refractivity contribution in [2.75, 3.05) is 13.7 Å². The highest BCUT2D eigenvalue weighted by Gasteiger charge is 2.33. The van der Waals surface area contributed by atoms with E-state index in [4.69, 9.17) is 4.74 Å². The van der Waals surface area contributed by atoms with E-state index in [1.54, 1.807) is 43.5 Å². The first-order chi connectivity index (χ1) is 17.2. The molecule has 0 spiro atoms. The SMILES string of the molecule is COCCCc1ccc(-c2ccc3c(F)c(CCc4ccc(C(F)(F)F)c(F)c4)ccc3c2)c(F)c1. The second kappa shape index (κ2) is 10.7. The monoisotopic (exact) mass is 502 g/mol. The van der Waals surface area contributed by atoms with Gasteiger partial charge in [0.2, 0.25) is 0 Å². The highest BCUT2D eigenvalue weighted by Crippen LogP contribution is 2.33. The van der Waals surface area contributed by atoms with Crippen molar-refractivity contribution >= 4 is 10.8 Å². The molecule has 4 rings (SSSR count). The first-order valence-corrected chi connectivity index (χ1v) is 11.5. The molecule has 188 valence electrons. The molecule has 0 aromatic heterocycles. The van der Waals surface area contributed by atoms with Crippen LogP contribution >= 0.6 is 0 Å². The van der Waals surface area contributed by atoms with E-state index in [1.165, 1.54) is 12.1 Å². The van der Waals surface area contributed by atoms with E-state index in [0.29, 0.717) is 52.1 Å². The van der Waals surface area contributed by atoms with Crippen molar-refractivity contribution < 1.29 is 31.1 Å². The van der Waals surface area contributed by atoms with E-state index in [1.807, 2.05) is 6.07 Å². The zero-order chi connectivity index (χ0) is 25.9. The molecule has 0 aliphatic carbocycles. The predicted octanol–water partition coefficient (Wildman–Crippen LogP) is 8.31. The van der Waals surface area contributed by atoms with E-state index in [0.717, 1.165) is 18.1 Å². The number of rotatable bonds is 8. The van der Waals surface area contributed by atoms with Gasteiger partial charge in [-0.15, -0.1) is 0 Å². The number of ether oxygens (including phenoxy) is 1. The molecule has 0 bridgehead atoms. The van der Waals surface area contributed by atoms with Gasteiger partial charge in [0, 0.05) is 24.7 Å². The van der Waals surface area contributed by atoms with Gasteiger partial charge in [-0.1, -0.05) is 42.5 Å². The fourth-order valence-corrected chi connectivity index (χ4v) is 4.29. The van der Waals surface area contributed by atoms with Crippen molar-refractivity contribution in [2.24, 2.45) is 0 Å². The molecule has 0 amide bonds. The summed E-state index contributed by atoms with van der Waals surface area (Å²) in [6.45, 7) is 0.600. The molecular weight excluding hydrogens is 478 g/mol. The summed E-state index contributed by atoms with van der Waals surface area (Å²) in [5.74, 6) is -2.16. The Kier molecular flexibility index (Phi) is 7.69. The smallest absolute Gasteiger partial charge is 0.385 e. The first-order valence-electron chi connectivity index (χ1n) is 11.5. The van der Waals surface area contributed by atoms with Gasteiger partial charge in [-0.25, -0.2) is 13.2 Å². The van der Waals surface area contributed by atoms with Gasteiger partial charge in [0.15, 0.2) is 0 Å². The normalized spacial score (nSPS) is 11.9. The summed E-state index contributed by atoms with van der Waals surface area (Å²) in [6, 6.07) is 16.1. The van der Waals surface area contributed by atoms with Crippen LogP contribution in [0.3, 0.4) is 0 Å². The largest absolute Gasteiger partial charge is 0.419 e. The number of hydrogen-bond acceptors (Lipinski definition) is 1. The van der Waals surface area contributed by atoms with Gasteiger partial charge < -0.3 is 4.74 Å². The summed E-state index contributed by atoms with van der Waals surface area (Å²) < 4.78 is 87.1. The van der Waals surface area contributed by atoms with Crippen molar-refractivity contribution in [1.82, 2.24) is 0 Å². The molecule has 4 aromatic carbocycles. The lowest BCUT2D eigenvalue weighted by molar-refractivity contribution is -0.140. The Morgan fingerprint density at radius 1 is 0.722 bits per heavy atom. The van der Waals surface area contributed by atoms with Crippen molar-refractivity contribution in [3.63, 3.8) is 0 Å². The second-order valence-electron chi connectivity index (χ2n) is 8.70. The minimum absolute atomic E-state index is 0.178. The number of halogens is 6. The van der Waals surface area contributed by atoms with Gasteiger partial charge in [-0.2, -0.15) is 13.2 Å². The van der Waals surface area contributed by atoms with Gasteiger partial charge in [-0.05, 0) is 77.6 Å². The van der Waals surface area contributed by atoms with Gasteiger partial charge in [0.1, 0.15) is 17.5 Å². The molecule has 0 aliphatic heterocycles. The lowest BCUT2D eigenvalue weighted by Gasteiger charge is -2.11. The van der Waals surface area contributed by atoms with Crippen LogP contribution in [0.5, 0.6) is 0 Å². The summed E-state index contributed by atoms with van der Waals surface area (Å²) in [6.07, 6.45) is -2.90. The zero-order valence-electron chi connectivity index (χ0n) is 19.6. The van der Waals surface area contributed by atoms with Gasteiger partial charge in [-0.3, -0.25) is 0 Å². The average molecular weight is 502 g/mol. The molecule has 0 radical (unpaired) electrons. The Morgan fingerprint density at radius 3 is 2.14 bits per heavy atom. The molecule has 4 aromatic rings. The lowest BCUT2D eigenvalue weighted by atomic mass is 9.96. The highest BCUT2D eigenvalue weighted by atomic mass is 19.4. The summed E-state index contributed by atoms with van der Waals surface area (Å²) >= 11 is 0. The van der Waals surface area contributed by atoms with Crippen LogP contribution in [-0.4, -0.2) is 13.7 Å². The molecule has 0 saturated heterocycles. The van der Waals surface area contributed by atoms with Crippen LogP contribution in [0.2, 0.25) is 0 Å².